The molecule has 0 spiro atoms. The molecule has 0 aromatic rings. The largest absolute Gasteiger partial charge is 0.443 e. The van der Waals surface area contributed by atoms with E-state index >= 15 is 0 Å². The van der Waals surface area contributed by atoms with E-state index in [1.807, 2.05) is 0 Å². The number of carbonyl (C=O) groups is 3. The number of nitrogens with two attached hydrogens (primary N) is 1. The number of Topliss-reactive ketones (excluding diaryl/α,β-unsaturated/α-hetero) is 1. The van der Waals surface area contributed by atoms with E-state index in [-0.39, 0.29) is 0 Å². The Bertz CT molecular complexity index is 396. The monoisotopic (exact) mass is 304 g/mol. The van der Waals surface area contributed by atoms with Crippen LogP contribution in [0.2, 0.25) is 0 Å². The molecule has 6 nitrogen and oxygen atoms in total. The Morgan fingerprint density at radius 3 is 1.95 bits per heavy atom. The average molecular weight is 304 g/mol. The molecule has 7 heteroatoms. The summed E-state index contributed by atoms with van der Waals surface area (Å²) in [6, 6.07) is -0.893. The number of carbonyl (C=O) groups excluding carboxylic acids is 3. The summed E-state index contributed by atoms with van der Waals surface area (Å²) < 4.78 is 4.34. The third-order valence-electron chi connectivity index (χ3n) is 2.42. The number of hydrogen-bond acceptors (Lipinski definition) is 6. The highest BCUT2D eigenvalue weighted by Gasteiger charge is 2.33. The summed E-state index contributed by atoms with van der Waals surface area (Å²) >= 11 is 4.22. The van der Waals surface area contributed by atoms with Crippen molar-refractivity contribution in [2.24, 2.45) is 5.73 Å². The normalized spacial score (nSPS) is 13.6. The van der Waals surface area contributed by atoms with E-state index < -0.39 is 40.7 Å². The van der Waals surface area contributed by atoms with Crippen molar-refractivity contribution in [2.75, 3.05) is 6.54 Å². The molecule has 1 atom stereocenters. The lowest BCUT2D eigenvalue weighted by atomic mass is 9.99. The first-order valence-electron chi connectivity index (χ1n) is 6.27. The van der Waals surface area contributed by atoms with E-state index in [4.69, 9.17) is 10.5 Å². The molecule has 0 fully saturated rings. The van der Waals surface area contributed by atoms with Crippen LogP contribution in [0.1, 0.15) is 41.5 Å². The molecular formula is C13H24N2O4S. The van der Waals surface area contributed by atoms with Crippen LogP contribution in [0.25, 0.3) is 0 Å². The molecule has 0 aromatic heterocycles. The third-order valence-corrected chi connectivity index (χ3v) is 2.69. The van der Waals surface area contributed by atoms with Crippen molar-refractivity contribution in [3.63, 3.8) is 0 Å². The quantitative estimate of drug-likeness (QED) is 0.766. The van der Waals surface area contributed by atoms with Crippen molar-refractivity contribution in [1.82, 2.24) is 4.90 Å². The number of rotatable bonds is 4. The number of thiol groups is 1. The fourth-order valence-corrected chi connectivity index (χ4v) is 1.41. The molecule has 0 aliphatic rings. The first-order valence-corrected chi connectivity index (χ1v) is 6.72. The summed E-state index contributed by atoms with van der Waals surface area (Å²) in [6.07, 6.45) is -0.859. The Labute approximate surface area is 125 Å². The van der Waals surface area contributed by atoms with Crippen molar-refractivity contribution in [2.45, 2.75) is 57.9 Å². The lowest BCUT2D eigenvalue weighted by Gasteiger charge is -2.28. The van der Waals surface area contributed by atoms with Crippen LogP contribution in [-0.4, -0.2) is 45.6 Å². The second kappa shape index (κ2) is 6.58. The molecule has 116 valence electrons. The topological polar surface area (TPSA) is 89.7 Å². The lowest BCUT2D eigenvalue weighted by Crippen LogP contribution is -2.51. The SMILES string of the molecule is CC(=O)N(CC(=O)C(N)C(C)(C)S)C(=O)OC(C)(C)C. The van der Waals surface area contributed by atoms with E-state index in [0.717, 1.165) is 4.90 Å². The summed E-state index contributed by atoms with van der Waals surface area (Å²) in [5, 5.41) is 0. The van der Waals surface area contributed by atoms with Crippen LogP contribution < -0.4 is 5.73 Å². The summed E-state index contributed by atoms with van der Waals surface area (Å²) in [6.45, 7) is 9.16. The molecule has 2 N–H and O–H groups in total. The summed E-state index contributed by atoms with van der Waals surface area (Å²) in [5.74, 6) is -1.03. The van der Waals surface area contributed by atoms with Gasteiger partial charge in [0.1, 0.15) is 5.60 Å². The zero-order chi connectivity index (χ0) is 16.3. The molecule has 0 saturated heterocycles. The van der Waals surface area contributed by atoms with Gasteiger partial charge in [-0.25, -0.2) is 9.69 Å². The maximum Gasteiger partial charge on any atom is 0.417 e. The van der Waals surface area contributed by atoms with Gasteiger partial charge in [0.05, 0.1) is 12.6 Å². The molecule has 1 unspecified atom stereocenters. The van der Waals surface area contributed by atoms with E-state index in [1.54, 1.807) is 34.6 Å². The Kier molecular flexibility index (Phi) is 6.23. The van der Waals surface area contributed by atoms with Gasteiger partial charge in [-0.1, -0.05) is 0 Å². The first-order chi connectivity index (χ1) is 8.75. The molecule has 0 rings (SSSR count). The minimum Gasteiger partial charge on any atom is -0.443 e. The Hall–Kier alpha value is -1.08. The van der Waals surface area contributed by atoms with Crippen molar-refractivity contribution >= 4 is 30.4 Å². The minimum atomic E-state index is -0.893. The standard InChI is InChI=1S/C13H24N2O4S/c1-8(16)15(11(18)19-12(2,3)4)7-9(17)10(14)13(5,6)20/h10,20H,7,14H2,1-6H3. The van der Waals surface area contributed by atoms with Gasteiger partial charge < -0.3 is 10.5 Å². The molecule has 2 amide bonds. The van der Waals surface area contributed by atoms with Gasteiger partial charge in [0.15, 0.2) is 5.78 Å². The fourth-order valence-electron chi connectivity index (χ4n) is 1.27. The third kappa shape index (κ3) is 6.38. The molecular weight excluding hydrogens is 280 g/mol. The number of ketones is 1. The number of amides is 2. The predicted molar refractivity (Wildman–Crippen MR) is 79.7 cm³/mol. The van der Waals surface area contributed by atoms with E-state index in [1.165, 1.54) is 6.92 Å². The van der Waals surface area contributed by atoms with Gasteiger partial charge in [0.2, 0.25) is 5.91 Å². The van der Waals surface area contributed by atoms with Crippen LogP contribution in [0, 0.1) is 0 Å². The number of hydrogen-bond donors (Lipinski definition) is 2. The van der Waals surface area contributed by atoms with Gasteiger partial charge in [-0.2, -0.15) is 12.6 Å². The number of imide groups is 1. The van der Waals surface area contributed by atoms with E-state index in [9.17, 15) is 14.4 Å². The minimum absolute atomic E-state index is 0.421. The first kappa shape index (κ1) is 18.9. The maximum absolute atomic E-state index is 12.0. The average Bonchev–Trinajstić information content (AvgIpc) is 2.19. The maximum atomic E-state index is 12.0. The fraction of sp³-hybridized carbons (Fsp3) is 0.769. The van der Waals surface area contributed by atoms with Gasteiger partial charge in [0, 0.05) is 11.7 Å². The van der Waals surface area contributed by atoms with Crippen LogP contribution in [0.15, 0.2) is 0 Å². The van der Waals surface area contributed by atoms with E-state index in [2.05, 4.69) is 12.6 Å². The van der Waals surface area contributed by atoms with Gasteiger partial charge in [0.25, 0.3) is 0 Å². The Balaban J connectivity index is 4.94. The highest BCUT2D eigenvalue weighted by molar-refractivity contribution is 7.81. The summed E-state index contributed by atoms with van der Waals surface area (Å²) in [5.41, 5.74) is 5.00. The van der Waals surface area contributed by atoms with E-state index in [0.29, 0.717) is 0 Å². The van der Waals surface area contributed by atoms with Gasteiger partial charge in [-0.3, -0.25) is 9.59 Å². The summed E-state index contributed by atoms with van der Waals surface area (Å²) in [4.78, 5) is 36.1. The van der Waals surface area contributed by atoms with Crippen molar-refractivity contribution in [3.05, 3.63) is 0 Å². The second-order valence-electron chi connectivity index (χ2n) is 6.18. The van der Waals surface area contributed by atoms with Crippen LogP contribution in [-0.2, 0) is 14.3 Å². The number of ether oxygens (including phenoxy) is 1. The molecule has 0 radical (unpaired) electrons. The van der Waals surface area contributed by atoms with Crippen LogP contribution in [0.4, 0.5) is 4.79 Å². The number of nitrogens with zero attached hydrogens (tertiary/aromatic N) is 1. The molecule has 20 heavy (non-hydrogen) atoms. The van der Waals surface area contributed by atoms with Gasteiger partial charge >= 0.3 is 6.09 Å². The van der Waals surface area contributed by atoms with Crippen molar-refractivity contribution in [1.29, 1.82) is 0 Å². The van der Waals surface area contributed by atoms with Gasteiger partial charge in [-0.15, -0.1) is 0 Å². The Morgan fingerprint density at radius 1 is 1.20 bits per heavy atom. The van der Waals surface area contributed by atoms with Crippen molar-refractivity contribution < 1.29 is 19.1 Å². The highest BCUT2D eigenvalue weighted by Crippen LogP contribution is 2.17. The van der Waals surface area contributed by atoms with Crippen LogP contribution >= 0.6 is 12.6 Å². The molecule has 0 heterocycles. The van der Waals surface area contributed by atoms with Crippen LogP contribution in [0.3, 0.4) is 0 Å². The molecule has 0 saturated carbocycles. The molecule has 0 bridgehead atoms. The van der Waals surface area contributed by atoms with Crippen LogP contribution in [0.5, 0.6) is 0 Å². The Morgan fingerprint density at radius 2 is 1.65 bits per heavy atom. The van der Waals surface area contributed by atoms with Gasteiger partial charge in [-0.05, 0) is 34.6 Å². The molecule has 0 aliphatic carbocycles. The lowest BCUT2D eigenvalue weighted by molar-refractivity contribution is -0.133. The second-order valence-corrected chi connectivity index (χ2v) is 7.34. The molecule has 0 aliphatic heterocycles. The smallest absolute Gasteiger partial charge is 0.417 e. The predicted octanol–water partition coefficient (Wildman–Crippen LogP) is 1.37. The zero-order valence-corrected chi connectivity index (χ0v) is 13.8. The molecule has 0 aromatic carbocycles. The summed E-state index contributed by atoms with van der Waals surface area (Å²) in [7, 11) is 0. The van der Waals surface area contributed by atoms with Crippen molar-refractivity contribution in [3.8, 4) is 0 Å². The zero-order valence-electron chi connectivity index (χ0n) is 12.9. The highest BCUT2D eigenvalue weighted by atomic mass is 32.1.